The van der Waals surface area contributed by atoms with E-state index in [2.05, 4.69) is 0 Å². The molecule has 1 aromatic rings. The Morgan fingerprint density at radius 3 is 2.21 bits per heavy atom. The summed E-state index contributed by atoms with van der Waals surface area (Å²) in [6, 6.07) is 5.84. The Morgan fingerprint density at radius 2 is 1.67 bits per heavy atom. The maximum Gasteiger partial charge on any atom is 0.303 e. The zero-order valence-electron chi connectivity index (χ0n) is 14.3. The van der Waals surface area contributed by atoms with Crippen LogP contribution in [0.1, 0.15) is 31.2 Å². The van der Waals surface area contributed by atoms with E-state index in [1.807, 2.05) is 23.1 Å². The van der Waals surface area contributed by atoms with Crippen molar-refractivity contribution in [2.45, 2.75) is 32.1 Å². The molecule has 132 valence electrons. The molecule has 1 N–H and O–H groups in total. The summed E-state index contributed by atoms with van der Waals surface area (Å²) in [4.78, 5) is 24.3. The number of carboxylic acids is 1. The molecule has 1 saturated heterocycles. The summed E-state index contributed by atoms with van der Waals surface area (Å²) in [5, 5.41) is 8.58. The molecule has 1 fully saturated rings. The summed E-state index contributed by atoms with van der Waals surface area (Å²) in [6.45, 7) is 1.52. The smallest absolute Gasteiger partial charge is 0.303 e. The average Bonchev–Trinajstić information content (AvgIpc) is 2.53. The molecule has 24 heavy (non-hydrogen) atoms. The summed E-state index contributed by atoms with van der Waals surface area (Å²) < 4.78 is 10.6. The van der Waals surface area contributed by atoms with Crippen molar-refractivity contribution in [3.63, 3.8) is 0 Å². The fourth-order valence-electron chi connectivity index (χ4n) is 2.93. The quantitative estimate of drug-likeness (QED) is 0.701. The first-order valence-electron chi connectivity index (χ1n) is 8.23. The molecule has 1 amide bonds. The van der Waals surface area contributed by atoms with E-state index in [1.165, 1.54) is 0 Å². The van der Waals surface area contributed by atoms with Crippen molar-refractivity contribution in [3.8, 4) is 11.5 Å². The van der Waals surface area contributed by atoms with Crippen LogP contribution in [0.2, 0.25) is 0 Å². The zero-order valence-corrected chi connectivity index (χ0v) is 14.3. The van der Waals surface area contributed by atoms with E-state index in [-0.39, 0.29) is 12.3 Å². The van der Waals surface area contributed by atoms with Crippen LogP contribution < -0.4 is 9.47 Å². The van der Waals surface area contributed by atoms with Gasteiger partial charge in [0.1, 0.15) is 11.5 Å². The fourth-order valence-corrected chi connectivity index (χ4v) is 2.93. The Hall–Kier alpha value is -2.24. The van der Waals surface area contributed by atoms with E-state index in [9.17, 15) is 9.59 Å². The highest BCUT2D eigenvalue weighted by atomic mass is 16.5. The topological polar surface area (TPSA) is 76.1 Å². The van der Waals surface area contributed by atoms with Crippen LogP contribution in [0.3, 0.4) is 0 Å². The number of unbranched alkanes of at least 4 members (excludes halogenated alkanes) is 1. The lowest BCUT2D eigenvalue weighted by molar-refractivity contribution is -0.139. The van der Waals surface area contributed by atoms with Crippen molar-refractivity contribution in [2.24, 2.45) is 5.92 Å². The van der Waals surface area contributed by atoms with Gasteiger partial charge in [-0.05, 0) is 42.9 Å². The van der Waals surface area contributed by atoms with E-state index in [0.29, 0.717) is 25.2 Å². The summed E-state index contributed by atoms with van der Waals surface area (Å²) in [7, 11) is 3.26. The highest BCUT2D eigenvalue weighted by Crippen LogP contribution is 2.27. The Kier molecular flexibility index (Phi) is 6.46. The lowest BCUT2D eigenvalue weighted by Crippen LogP contribution is -2.50. The molecule has 0 atom stereocenters. The van der Waals surface area contributed by atoms with Crippen LogP contribution in [-0.2, 0) is 16.0 Å². The molecule has 1 aliphatic heterocycles. The number of rotatable bonds is 9. The molecule has 0 radical (unpaired) electrons. The second-order valence-corrected chi connectivity index (χ2v) is 6.19. The number of benzene rings is 1. The molecular weight excluding hydrogens is 310 g/mol. The molecule has 0 spiro atoms. The first-order valence-corrected chi connectivity index (χ1v) is 8.23. The third-order valence-electron chi connectivity index (χ3n) is 4.28. The van der Waals surface area contributed by atoms with Gasteiger partial charge in [-0.25, -0.2) is 0 Å². The largest absolute Gasteiger partial charge is 0.497 e. The number of carbonyl (C=O) groups is 2. The summed E-state index contributed by atoms with van der Waals surface area (Å²) in [5.41, 5.74) is 1.14. The van der Waals surface area contributed by atoms with Gasteiger partial charge in [0.2, 0.25) is 5.91 Å². The van der Waals surface area contributed by atoms with Crippen LogP contribution in [0.15, 0.2) is 18.2 Å². The first-order chi connectivity index (χ1) is 11.5. The van der Waals surface area contributed by atoms with Gasteiger partial charge in [0.25, 0.3) is 0 Å². The van der Waals surface area contributed by atoms with Gasteiger partial charge in [-0.15, -0.1) is 0 Å². The summed E-state index contributed by atoms with van der Waals surface area (Å²) in [5.74, 6) is 1.31. The van der Waals surface area contributed by atoms with Gasteiger partial charge in [-0.3, -0.25) is 9.59 Å². The number of nitrogens with zero attached hydrogens (tertiary/aromatic N) is 1. The molecule has 0 aliphatic carbocycles. The van der Waals surface area contributed by atoms with Crippen LogP contribution in [0.25, 0.3) is 0 Å². The monoisotopic (exact) mass is 335 g/mol. The van der Waals surface area contributed by atoms with Gasteiger partial charge < -0.3 is 19.5 Å². The minimum absolute atomic E-state index is 0.125. The van der Waals surface area contributed by atoms with Gasteiger partial charge in [0, 0.05) is 32.0 Å². The lowest BCUT2D eigenvalue weighted by Gasteiger charge is -2.39. The van der Waals surface area contributed by atoms with Crippen LogP contribution in [-0.4, -0.2) is 49.2 Å². The Bertz CT molecular complexity index is 559. The highest BCUT2D eigenvalue weighted by Gasteiger charge is 2.30. The maximum absolute atomic E-state index is 12.0. The molecule has 1 aliphatic rings. The maximum atomic E-state index is 12.0. The number of hydrogen-bond donors (Lipinski definition) is 1. The molecule has 0 unspecified atom stereocenters. The summed E-state index contributed by atoms with van der Waals surface area (Å²) >= 11 is 0. The van der Waals surface area contributed by atoms with Crippen LogP contribution in [0.5, 0.6) is 11.5 Å². The highest BCUT2D eigenvalue weighted by molar-refractivity contribution is 5.77. The second-order valence-electron chi connectivity index (χ2n) is 6.19. The summed E-state index contributed by atoms with van der Waals surface area (Å²) in [6.07, 6.45) is 2.65. The average molecular weight is 335 g/mol. The van der Waals surface area contributed by atoms with Gasteiger partial charge in [-0.2, -0.15) is 0 Å². The van der Waals surface area contributed by atoms with E-state index in [4.69, 9.17) is 14.6 Å². The van der Waals surface area contributed by atoms with Crippen molar-refractivity contribution < 1.29 is 24.2 Å². The van der Waals surface area contributed by atoms with Crippen molar-refractivity contribution in [2.75, 3.05) is 27.3 Å². The van der Waals surface area contributed by atoms with Crippen molar-refractivity contribution in [3.05, 3.63) is 23.8 Å². The van der Waals surface area contributed by atoms with Crippen LogP contribution in [0.4, 0.5) is 0 Å². The SMILES string of the molecule is COc1cc(CC2CN(C(=O)CCCCC(=O)O)C2)cc(OC)c1. The third kappa shape index (κ3) is 5.15. The number of ether oxygens (including phenoxy) is 2. The van der Waals surface area contributed by atoms with Crippen LogP contribution in [0, 0.1) is 5.92 Å². The van der Waals surface area contributed by atoms with Crippen molar-refractivity contribution >= 4 is 11.9 Å². The number of likely N-dealkylation sites (tertiary alicyclic amines) is 1. The number of amides is 1. The number of carboxylic acid groups (broad SMARTS) is 1. The minimum atomic E-state index is -0.805. The van der Waals surface area contributed by atoms with E-state index in [0.717, 1.165) is 36.6 Å². The lowest BCUT2D eigenvalue weighted by atomic mass is 9.91. The molecule has 2 rings (SSSR count). The number of carbonyl (C=O) groups excluding carboxylic acids is 1. The molecule has 6 heteroatoms. The Balaban J connectivity index is 1.74. The predicted molar refractivity (Wildman–Crippen MR) is 89.4 cm³/mol. The predicted octanol–water partition coefficient (Wildman–Crippen LogP) is 2.35. The minimum Gasteiger partial charge on any atom is -0.497 e. The van der Waals surface area contributed by atoms with E-state index >= 15 is 0 Å². The molecule has 0 saturated carbocycles. The number of methoxy groups -OCH3 is 2. The molecule has 1 aromatic carbocycles. The van der Waals surface area contributed by atoms with E-state index < -0.39 is 5.97 Å². The normalized spacial score (nSPS) is 14.2. The second kappa shape index (κ2) is 8.57. The Morgan fingerprint density at radius 1 is 1.08 bits per heavy atom. The van der Waals surface area contributed by atoms with Gasteiger partial charge in [0.05, 0.1) is 14.2 Å². The van der Waals surface area contributed by atoms with Gasteiger partial charge in [-0.1, -0.05) is 0 Å². The molecular formula is C18H25NO5. The molecule has 0 bridgehead atoms. The molecule has 0 aromatic heterocycles. The number of aliphatic carboxylic acids is 1. The number of hydrogen-bond acceptors (Lipinski definition) is 4. The first kappa shape index (κ1) is 18.1. The van der Waals surface area contributed by atoms with Crippen molar-refractivity contribution in [1.29, 1.82) is 0 Å². The fraction of sp³-hybridized carbons (Fsp3) is 0.556. The van der Waals surface area contributed by atoms with Crippen LogP contribution >= 0.6 is 0 Å². The van der Waals surface area contributed by atoms with E-state index in [1.54, 1.807) is 14.2 Å². The van der Waals surface area contributed by atoms with Crippen molar-refractivity contribution in [1.82, 2.24) is 4.90 Å². The zero-order chi connectivity index (χ0) is 17.5. The Labute approximate surface area is 142 Å². The van der Waals surface area contributed by atoms with Gasteiger partial charge in [0.15, 0.2) is 0 Å². The standard InChI is InChI=1S/C18H25NO5/c1-23-15-8-13(9-16(10-15)24-2)7-14-11-19(12-14)17(20)5-3-4-6-18(21)22/h8-10,14H,3-7,11-12H2,1-2H3,(H,21,22). The molecule has 1 heterocycles. The van der Waals surface area contributed by atoms with Gasteiger partial charge >= 0.3 is 5.97 Å². The third-order valence-corrected chi connectivity index (χ3v) is 4.28. The molecule has 6 nitrogen and oxygen atoms in total.